The molecule has 174 valence electrons. The third-order valence-electron chi connectivity index (χ3n) is 7.06. The highest BCUT2D eigenvalue weighted by atomic mass is 32.1. The molecule has 2 aromatic carbocycles. The van der Waals surface area contributed by atoms with Gasteiger partial charge in [-0.3, -0.25) is 10.1 Å². The first-order chi connectivity index (χ1) is 15.5. The van der Waals surface area contributed by atoms with Gasteiger partial charge in [0.15, 0.2) is 5.11 Å². The van der Waals surface area contributed by atoms with E-state index in [1.54, 1.807) is 20.3 Å². The van der Waals surface area contributed by atoms with Crippen LogP contribution >= 0.6 is 12.2 Å². The highest BCUT2D eigenvalue weighted by Crippen LogP contribution is 2.49. The van der Waals surface area contributed by atoms with E-state index >= 15 is 0 Å². The summed E-state index contributed by atoms with van der Waals surface area (Å²) < 4.78 is 11.4. The molecule has 5 nitrogen and oxygen atoms in total. The van der Waals surface area contributed by atoms with E-state index < -0.39 is 0 Å². The van der Waals surface area contributed by atoms with E-state index in [-0.39, 0.29) is 16.7 Å². The quantitative estimate of drug-likeness (QED) is 0.470. The van der Waals surface area contributed by atoms with E-state index in [0.717, 1.165) is 28.9 Å². The number of amides is 1. The van der Waals surface area contributed by atoms with Crippen LogP contribution in [0.15, 0.2) is 30.0 Å². The normalized spacial score (nSPS) is 19.7. The number of nitrogens with one attached hydrogen (secondary N) is 2. The minimum atomic E-state index is -0.256. The van der Waals surface area contributed by atoms with Gasteiger partial charge < -0.3 is 14.8 Å². The number of benzene rings is 2. The summed E-state index contributed by atoms with van der Waals surface area (Å²) in [6, 6.07) is 8.58. The lowest BCUT2D eigenvalue weighted by atomic mass is 9.62. The number of methoxy groups -OCH3 is 2. The van der Waals surface area contributed by atoms with Crippen LogP contribution in [-0.2, 0) is 15.6 Å². The number of ether oxygens (including phenoxy) is 2. The first-order valence-corrected chi connectivity index (χ1v) is 11.6. The van der Waals surface area contributed by atoms with Crippen LogP contribution in [0.25, 0.3) is 17.2 Å². The lowest BCUT2D eigenvalue weighted by Gasteiger charge is -2.42. The summed E-state index contributed by atoms with van der Waals surface area (Å²) in [4.78, 5) is 12.2. The van der Waals surface area contributed by atoms with Gasteiger partial charge in [0.25, 0.3) is 5.91 Å². The van der Waals surface area contributed by atoms with Crippen molar-refractivity contribution in [2.24, 2.45) is 0 Å². The van der Waals surface area contributed by atoms with Crippen LogP contribution in [0.1, 0.15) is 62.8 Å². The zero-order valence-electron chi connectivity index (χ0n) is 20.4. The van der Waals surface area contributed by atoms with E-state index in [1.807, 2.05) is 12.1 Å². The maximum atomic E-state index is 12.2. The third-order valence-corrected chi connectivity index (χ3v) is 7.26. The summed E-state index contributed by atoms with van der Waals surface area (Å²) in [6.07, 6.45) is 4.08. The van der Waals surface area contributed by atoms with Crippen molar-refractivity contribution in [2.45, 2.75) is 58.3 Å². The van der Waals surface area contributed by atoms with Crippen molar-refractivity contribution in [1.82, 2.24) is 10.6 Å². The lowest BCUT2D eigenvalue weighted by Crippen LogP contribution is -2.34. The Morgan fingerprint density at radius 1 is 0.879 bits per heavy atom. The van der Waals surface area contributed by atoms with Crippen molar-refractivity contribution >= 4 is 29.3 Å². The molecule has 1 amide bonds. The maximum Gasteiger partial charge on any atom is 0.273 e. The molecule has 1 heterocycles. The molecule has 0 aromatic heterocycles. The fourth-order valence-electron chi connectivity index (χ4n) is 4.90. The van der Waals surface area contributed by atoms with Crippen LogP contribution in [0.5, 0.6) is 11.5 Å². The Balaban J connectivity index is 1.93. The second-order valence-electron chi connectivity index (χ2n) is 10.2. The van der Waals surface area contributed by atoms with Crippen molar-refractivity contribution in [1.29, 1.82) is 0 Å². The second kappa shape index (κ2) is 8.17. The number of carbonyl (C=O) groups is 1. The van der Waals surface area contributed by atoms with Gasteiger partial charge >= 0.3 is 0 Å². The summed E-state index contributed by atoms with van der Waals surface area (Å²) in [5.74, 6) is 1.09. The number of carbonyl (C=O) groups excluding carboxylic acids is 1. The molecule has 6 heteroatoms. The smallest absolute Gasteiger partial charge is 0.273 e. The molecule has 0 unspecified atom stereocenters. The summed E-state index contributed by atoms with van der Waals surface area (Å²) in [5.41, 5.74) is 7.50. The number of hydrogen-bond acceptors (Lipinski definition) is 4. The first kappa shape index (κ1) is 23.3. The van der Waals surface area contributed by atoms with Gasteiger partial charge in [-0.15, -0.1) is 0 Å². The molecule has 0 radical (unpaired) electrons. The van der Waals surface area contributed by atoms with Gasteiger partial charge in [-0.25, -0.2) is 0 Å². The Bertz CT molecular complexity index is 1190. The Morgan fingerprint density at radius 2 is 1.48 bits per heavy atom. The molecule has 1 saturated heterocycles. The Kier molecular flexibility index (Phi) is 5.77. The summed E-state index contributed by atoms with van der Waals surface area (Å²) in [7, 11) is 3.28. The van der Waals surface area contributed by atoms with E-state index in [9.17, 15) is 4.79 Å². The largest absolute Gasteiger partial charge is 0.496 e. The van der Waals surface area contributed by atoms with Crippen LogP contribution in [0.4, 0.5) is 0 Å². The highest BCUT2D eigenvalue weighted by molar-refractivity contribution is 7.80. The molecule has 33 heavy (non-hydrogen) atoms. The molecule has 0 bridgehead atoms. The molecular weight excluding hydrogens is 432 g/mol. The first-order valence-electron chi connectivity index (χ1n) is 11.2. The zero-order valence-corrected chi connectivity index (χ0v) is 21.3. The van der Waals surface area contributed by atoms with Gasteiger partial charge in [0, 0.05) is 17.2 Å². The molecule has 2 aliphatic rings. The average Bonchev–Trinajstić information content (AvgIpc) is 3.07. The van der Waals surface area contributed by atoms with Crippen molar-refractivity contribution in [3.8, 4) is 22.6 Å². The predicted molar refractivity (Wildman–Crippen MR) is 137 cm³/mol. The van der Waals surface area contributed by atoms with Gasteiger partial charge in [0.2, 0.25) is 0 Å². The number of thiocarbonyl (C=S) groups is 1. The monoisotopic (exact) mass is 464 g/mol. The molecule has 0 atom stereocenters. The fourth-order valence-corrected chi connectivity index (χ4v) is 5.10. The van der Waals surface area contributed by atoms with Crippen molar-refractivity contribution in [2.75, 3.05) is 14.2 Å². The molecule has 0 spiro atoms. The topological polar surface area (TPSA) is 59.6 Å². The molecule has 0 saturated carbocycles. The highest BCUT2D eigenvalue weighted by Gasteiger charge is 2.37. The zero-order chi connectivity index (χ0) is 24.1. The Labute approximate surface area is 201 Å². The molecule has 1 aliphatic heterocycles. The SMILES string of the molecule is COc1cc(OC)c(-c2cc3c(cc2C)C(C)(C)CCC3(C)C)cc1C=C1NC(=S)NC1=O. The fraction of sp³-hybridized carbons (Fsp3) is 0.407. The van der Waals surface area contributed by atoms with E-state index in [1.165, 1.54) is 23.1 Å². The second-order valence-corrected chi connectivity index (χ2v) is 10.6. The van der Waals surface area contributed by atoms with E-state index in [2.05, 4.69) is 57.4 Å². The van der Waals surface area contributed by atoms with Gasteiger partial charge in [0.05, 0.1) is 14.2 Å². The van der Waals surface area contributed by atoms with E-state index in [4.69, 9.17) is 21.7 Å². The summed E-state index contributed by atoms with van der Waals surface area (Å²) in [6.45, 7) is 11.5. The number of aryl methyl sites for hydroxylation is 1. The molecule has 1 fully saturated rings. The van der Waals surface area contributed by atoms with Crippen LogP contribution < -0.4 is 20.1 Å². The van der Waals surface area contributed by atoms with Crippen LogP contribution in [0, 0.1) is 6.92 Å². The average molecular weight is 465 g/mol. The van der Waals surface area contributed by atoms with Crippen molar-refractivity contribution < 1.29 is 14.3 Å². The molecule has 4 rings (SSSR count). The minimum absolute atomic E-state index is 0.0966. The van der Waals surface area contributed by atoms with Gasteiger partial charge in [0.1, 0.15) is 17.2 Å². The number of hydrogen-bond donors (Lipinski definition) is 2. The standard InChI is InChI=1S/C27H32N2O3S/c1-15-10-19-20(27(4,5)9-8-26(19,2)3)13-17(15)18-11-16(22(31-6)14-23(18)32-7)12-21-24(30)29-25(33)28-21/h10-14H,8-9H2,1-7H3,(H2,28,29,30,33). The minimum Gasteiger partial charge on any atom is -0.496 e. The number of fused-ring (bicyclic) bond motifs is 1. The summed E-state index contributed by atoms with van der Waals surface area (Å²) in [5, 5.41) is 5.81. The van der Waals surface area contributed by atoms with Crippen molar-refractivity contribution in [3.05, 3.63) is 52.2 Å². The van der Waals surface area contributed by atoms with Crippen molar-refractivity contribution in [3.63, 3.8) is 0 Å². The molecule has 1 aliphatic carbocycles. The maximum absolute atomic E-state index is 12.2. The molecule has 2 aromatic rings. The Morgan fingerprint density at radius 3 is 2.03 bits per heavy atom. The lowest BCUT2D eigenvalue weighted by molar-refractivity contribution is -0.115. The van der Waals surface area contributed by atoms with Crippen LogP contribution in [0.2, 0.25) is 0 Å². The third kappa shape index (κ3) is 4.12. The molecular formula is C27H32N2O3S. The van der Waals surface area contributed by atoms with Gasteiger partial charge in [-0.1, -0.05) is 33.8 Å². The van der Waals surface area contributed by atoms with Gasteiger partial charge in [-0.2, -0.15) is 0 Å². The van der Waals surface area contributed by atoms with Gasteiger partial charge in [-0.05, 0) is 83.3 Å². The van der Waals surface area contributed by atoms with E-state index in [0.29, 0.717) is 16.6 Å². The summed E-state index contributed by atoms with van der Waals surface area (Å²) >= 11 is 5.07. The molecule has 2 N–H and O–H groups in total. The predicted octanol–water partition coefficient (Wildman–Crippen LogP) is 5.37. The Hall–Kier alpha value is -2.86. The number of rotatable bonds is 4. The van der Waals surface area contributed by atoms with Crippen LogP contribution in [-0.4, -0.2) is 25.2 Å². The van der Waals surface area contributed by atoms with Crippen LogP contribution in [0.3, 0.4) is 0 Å².